The smallest absolute Gasteiger partial charge is 0.323 e. The number of nitrogens with zero attached hydrogens (tertiary/aromatic N) is 2. The van der Waals surface area contributed by atoms with Gasteiger partial charge in [0.05, 0.1) is 25.9 Å². The van der Waals surface area contributed by atoms with Gasteiger partial charge in [0.15, 0.2) is 0 Å². The SMILES string of the molecule is C=C/C=C\C=C(/C)c1cccc(COc2cc(OC)c(CN3CCOC[C@H]3C(=O)O)c3c2CCC3)c1C#N. The molecule has 1 atom stereocenters. The van der Waals surface area contributed by atoms with E-state index < -0.39 is 12.0 Å². The number of methoxy groups -OCH3 is 1. The molecule has 1 aliphatic heterocycles. The van der Waals surface area contributed by atoms with Gasteiger partial charge in [-0.15, -0.1) is 0 Å². The molecule has 0 unspecified atom stereocenters. The summed E-state index contributed by atoms with van der Waals surface area (Å²) in [6, 6.07) is 9.41. The highest BCUT2D eigenvalue weighted by Crippen LogP contribution is 2.40. The average Bonchev–Trinajstić information content (AvgIpc) is 3.43. The van der Waals surface area contributed by atoms with Crippen molar-refractivity contribution >= 4 is 11.5 Å². The maximum absolute atomic E-state index is 11.8. The molecule has 1 fully saturated rings. The molecular weight excluding hydrogens is 480 g/mol. The molecule has 7 heteroatoms. The minimum atomic E-state index is -0.877. The summed E-state index contributed by atoms with van der Waals surface area (Å²) in [5.74, 6) is 0.571. The van der Waals surface area contributed by atoms with Crippen molar-refractivity contribution in [3.63, 3.8) is 0 Å². The minimum absolute atomic E-state index is 0.181. The van der Waals surface area contributed by atoms with E-state index in [-0.39, 0.29) is 13.2 Å². The van der Waals surface area contributed by atoms with Crippen molar-refractivity contribution in [3.05, 3.63) is 88.5 Å². The molecule has 0 amide bonds. The number of nitriles is 1. The van der Waals surface area contributed by atoms with Crippen molar-refractivity contribution in [1.29, 1.82) is 5.26 Å². The highest BCUT2D eigenvalue weighted by Gasteiger charge is 2.32. The highest BCUT2D eigenvalue weighted by molar-refractivity contribution is 5.74. The first-order chi connectivity index (χ1) is 18.5. The predicted molar refractivity (Wildman–Crippen MR) is 146 cm³/mol. The third-order valence-electron chi connectivity index (χ3n) is 7.21. The first kappa shape index (κ1) is 27.2. The molecule has 38 heavy (non-hydrogen) atoms. The summed E-state index contributed by atoms with van der Waals surface area (Å²) in [7, 11) is 1.63. The molecule has 0 saturated carbocycles. The number of hydrogen-bond donors (Lipinski definition) is 1. The third-order valence-corrected chi connectivity index (χ3v) is 7.21. The largest absolute Gasteiger partial charge is 0.496 e. The number of aliphatic carboxylic acids is 1. The van der Waals surface area contributed by atoms with E-state index in [9.17, 15) is 15.2 Å². The zero-order valence-electron chi connectivity index (χ0n) is 22.0. The van der Waals surface area contributed by atoms with Crippen molar-refractivity contribution in [2.45, 2.75) is 45.4 Å². The van der Waals surface area contributed by atoms with Crippen molar-refractivity contribution in [2.75, 3.05) is 26.9 Å². The van der Waals surface area contributed by atoms with Gasteiger partial charge in [0.25, 0.3) is 0 Å². The van der Waals surface area contributed by atoms with Gasteiger partial charge in [0.2, 0.25) is 0 Å². The number of fused-ring (bicyclic) bond motifs is 1. The van der Waals surface area contributed by atoms with Gasteiger partial charge in [-0.25, -0.2) is 0 Å². The molecule has 1 saturated heterocycles. The molecule has 7 nitrogen and oxygen atoms in total. The standard InChI is InChI=1S/C31H34N2O5/c1-4-5-6-9-21(2)23-11-7-10-22(26(23)17-32)19-38-30-16-29(36-3)27(24-12-8-13-25(24)30)18-33-14-15-37-20-28(33)31(34)35/h4-7,9-11,16,28H,1,8,12-15,18-20H2,2-3H3,(H,34,35)/b6-5-,21-9+/t28-/m0/s1. The minimum Gasteiger partial charge on any atom is -0.496 e. The monoisotopic (exact) mass is 514 g/mol. The summed E-state index contributed by atoms with van der Waals surface area (Å²) in [4.78, 5) is 13.7. The van der Waals surface area contributed by atoms with Crippen LogP contribution in [0.4, 0.5) is 0 Å². The van der Waals surface area contributed by atoms with Gasteiger partial charge in [0, 0.05) is 30.3 Å². The Bertz CT molecular complexity index is 1300. The van der Waals surface area contributed by atoms with E-state index in [0.29, 0.717) is 31.0 Å². The molecule has 1 aliphatic carbocycles. The van der Waals surface area contributed by atoms with Crippen LogP contribution in [-0.4, -0.2) is 48.9 Å². The third kappa shape index (κ3) is 5.83. The van der Waals surface area contributed by atoms with Crippen LogP contribution >= 0.6 is 0 Å². The van der Waals surface area contributed by atoms with Crippen molar-refractivity contribution in [2.24, 2.45) is 0 Å². The molecule has 1 heterocycles. The van der Waals surface area contributed by atoms with Gasteiger partial charge in [-0.2, -0.15) is 5.26 Å². The van der Waals surface area contributed by atoms with Crippen LogP contribution in [0.5, 0.6) is 11.5 Å². The second-order valence-corrected chi connectivity index (χ2v) is 9.48. The number of benzene rings is 2. The first-order valence-electron chi connectivity index (χ1n) is 12.9. The Labute approximate surface area is 224 Å². The number of rotatable bonds is 10. The zero-order valence-corrected chi connectivity index (χ0v) is 22.0. The van der Waals surface area contributed by atoms with E-state index in [1.165, 1.54) is 5.56 Å². The van der Waals surface area contributed by atoms with Gasteiger partial charge >= 0.3 is 5.97 Å². The molecule has 0 radical (unpaired) electrons. The molecule has 0 aromatic heterocycles. The second-order valence-electron chi connectivity index (χ2n) is 9.48. The maximum atomic E-state index is 11.8. The quantitative estimate of drug-likeness (QED) is 0.443. The Balaban J connectivity index is 1.62. The molecule has 4 rings (SSSR count). The molecule has 198 valence electrons. The van der Waals surface area contributed by atoms with E-state index in [1.807, 2.05) is 54.3 Å². The fraction of sp³-hybridized carbons (Fsp3) is 0.355. The molecule has 0 spiro atoms. The predicted octanol–water partition coefficient (Wildman–Crippen LogP) is 5.07. The van der Waals surface area contributed by atoms with E-state index in [0.717, 1.165) is 52.8 Å². The summed E-state index contributed by atoms with van der Waals surface area (Å²) in [5, 5.41) is 19.6. The first-order valence-corrected chi connectivity index (χ1v) is 12.9. The summed E-state index contributed by atoms with van der Waals surface area (Å²) in [6.07, 6.45) is 10.2. The number of hydrogen-bond acceptors (Lipinski definition) is 6. The van der Waals surface area contributed by atoms with Crippen LogP contribution in [0.1, 0.15) is 46.7 Å². The highest BCUT2D eigenvalue weighted by atomic mass is 16.5. The molecular formula is C31H34N2O5. The Morgan fingerprint density at radius 3 is 2.84 bits per heavy atom. The molecule has 1 N–H and O–H groups in total. The number of morpholine rings is 1. The Morgan fingerprint density at radius 2 is 2.11 bits per heavy atom. The molecule has 2 aliphatic rings. The Hall–Kier alpha value is -3.86. The van der Waals surface area contributed by atoms with Crippen LogP contribution in [-0.2, 0) is 35.5 Å². The van der Waals surface area contributed by atoms with Crippen LogP contribution in [0.25, 0.3) is 5.57 Å². The van der Waals surface area contributed by atoms with Gasteiger partial charge in [-0.05, 0) is 48.4 Å². The summed E-state index contributed by atoms with van der Waals surface area (Å²) >= 11 is 0. The maximum Gasteiger partial charge on any atom is 0.323 e. The van der Waals surface area contributed by atoms with Gasteiger partial charge in [0.1, 0.15) is 30.2 Å². The fourth-order valence-corrected chi connectivity index (χ4v) is 5.24. The lowest BCUT2D eigenvalue weighted by Crippen LogP contribution is -2.49. The van der Waals surface area contributed by atoms with E-state index in [1.54, 1.807) is 13.2 Å². The number of carboxylic acid groups (broad SMARTS) is 1. The number of ether oxygens (including phenoxy) is 3. The Morgan fingerprint density at radius 1 is 1.29 bits per heavy atom. The number of carboxylic acids is 1. The summed E-state index contributed by atoms with van der Waals surface area (Å²) in [5.41, 5.74) is 6.61. The van der Waals surface area contributed by atoms with E-state index in [4.69, 9.17) is 14.2 Å². The van der Waals surface area contributed by atoms with Gasteiger partial charge < -0.3 is 19.3 Å². The van der Waals surface area contributed by atoms with Gasteiger partial charge in [-0.1, -0.05) is 49.1 Å². The van der Waals surface area contributed by atoms with Crippen LogP contribution in [0.15, 0.2) is 55.1 Å². The van der Waals surface area contributed by atoms with Crippen LogP contribution < -0.4 is 9.47 Å². The number of carbonyl (C=O) groups is 1. The molecule has 2 aromatic rings. The van der Waals surface area contributed by atoms with E-state index in [2.05, 4.69) is 12.6 Å². The topological polar surface area (TPSA) is 92.0 Å². The van der Waals surface area contributed by atoms with Crippen molar-refractivity contribution in [1.82, 2.24) is 4.90 Å². The zero-order chi connectivity index (χ0) is 27.1. The van der Waals surface area contributed by atoms with Gasteiger partial charge in [-0.3, -0.25) is 9.69 Å². The number of allylic oxidation sites excluding steroid dienone is 5. The van der Waals surface area contributed by atoms with Crippen molar-refractivity contribution in [3.8, 4) is 17.6 Å². The van der Waals surface area contributed by atoms with Crippen LogP contribution in [0, 0.1) is 11.3 Å². The molecule has 0 bridgehead atoms. The van der Waals surface area contributed by atoms with E-state index >= 15 is 0 Å². The second kappa shape index (κ2) is 12.6. The van der Waals surface area contributed by atoms with Crippen LogP contribution in [0.3, 0.4) is 0 Å². The van der Waals surface area contributed by atoms with Crippen LogP contribution in [0.2, 0.25) is 0 Å². The lowest BCUT2D eigenvalue weighted by molar-refractivity contribution is -0.150. The van der Waals surface area contributed by atoms with Crippen molar-refractivity contribution < 1.29 is 24.1 Å². The summed E-state index contributed by atoms with van der Waals surface area (Å²) in [6.45, 7) is 7.65. The molecule has 2 aromatic carbocycles. The fourth-order valence-electron chi connectivity index (χ4n) is 5.24. The average molecular weight is 515 g/mol. The Kier molecular flexibility index (Phi) is 9.01. The summed E-state index contributed by atoms with van der Waals surface area (Å²) < 4.78 is 17.5. The lowest BCUT2D eigenvalue weighted by Gasteiger charge is -2.33. The normalized spacial score (nSPS) is 17.7. The lowest BCUT2D eigenvalue weighted by atomic mass is 9.96.